The molecule has 0 saturated heterocycles. The number of rotatable bonds is 5. The van der Waals surface area contributed by atoms with Crippen molar-refractivity contribution in [3.63, 3.8) is 0 Å². The zero-order valence-electron chi connectivity index (χ0n) is 19.5. The fraction of sp³-hybridized carbons (Fsp3) is 0.852. The van der Waals surface area contributed by atoms with Gasteiger partial charge < -0.3 is 10.2 Å². The Bertz CT molecular complexity index is 689. The molecule has 2 N–H and O–H groups in total. The van der Waals surface area contributed by atoms with Gasteiger partial charge in [-0.1, -0.05) is 57.4 Å². The highest BCUT2D eigenvalue weighted by molar-refractivity contribution is 5.43. The van der Waals surface area contributed by atoms with Gasteiger partial charge in [-0.25, -0.2) is 0 Å². The molecule has 0 aromatic carbocycles. The van der Waals surface area contributed by atoms with E-state index in [0.717, 1.165) is 50.4 Å². The van der Waals surface area contributed by atoms with Crippen molar-refractivity contribution in [3.05, 3.63) is 22.8 Å². The molecule has 0 bridgehead atoms. The molecule has 0 radical (unpaired) electrons. The fourth-order valence-corrected chi connectivity index (χ4v) is 7.84. The molecule has 2 fully saturated rings. The maximum Gasteiger partial charge on any atom is 0.0578 e. The molecular weight excluding hydrogens is 356 g/mol. The third-order valence-electron chi connectivity index (χ3n) is 9.88. The lowest BCUT2D eigenvalue weighted by Crippen LogP contribution is -2.42. The Morgan fingerprint density at radius 3 is 2.55 bits per heavy atom. The van der Waals surface area contributed by atoms with E-state index in [2.05, 4.69) is 40.7 Å². The Balaban J connectivity index is 1.52. The summed E-state index contributed by atoms with van der Waals surface area (Å²) < 4.78 is 0. The number of aliphatic hydroxyl groups excluding tert-OH is 2. The first-order valence-electron chi connectivity index (χ1n) is 12.4. The molecular formula is C27H44O2. The molecule has 6 unspecified atom stereocenters. The van der Waals surface area contributed by atoms with Gasteiger partial charge in [0.25, 0.3) is 0 Å². The summed E-state index contributed by atoms with van der Waals surface area (Å²) in [5, 5.41) is 20.5. The maximum absolute atomic E-state index is 10.3. The lowest BCUT2D eigenvalue weighted by molar-refractivity contribution is 0.0705. The molecule has 0 amide bonds. The summed E-state index contributed by atoms with van der Waals surface area (Å²) in [6.07, 6.45) is 13.8. The van der Waals surface area contributed by atoms with E-state index in [1.54, 1.807) is 11.1 Å². The van der Waals surface area contributed by atoms with Gasteiger partial charge in [0.1, 0.15) is 0 Å². The van der Waals surface area contributed by atoms with Crippen LogP contribution in [0.15, 0.2) is 22.8 Å². The molecule has 2 saturated carbocycles. The highest BCUT2D eigenvalue weighted by Gasteiger charge is 2.54. The molecule has 164 valence electrons. The van der Waals surface area contributed by atoms with Gasteiger partial charge in [0.05, 0.1) is 12.2 Å². The molecule has 4 aliphatic carbocycles. The van der Waals surface area contributed by atoms with Crippen LogP contribution in [-0.4, -0.2) is 22.4 Å². The first-order valence-corrected chi connectivity index (χ1v) is 12.4. The van der Waals surface area contributed by atoms with Gasteiger partial charge in [-0.3, -0.25) is 0 Å². The summed E-state index contributed by atoms with van der Waals surface area (Å²) >= 11 is 0. The van der Waals surface area contributed by atoms with Crippen LogP contribution in [0.2, 0.25) is 0 Å². The van der Waals surface area contributed by atoms with Gasteiger partial charge in [-0.05, 0) is 93.3 Å². The molecule has 2 nitrogen and oxygen atoms in total. The van der Waals surface area contributed by atoms with Gasteiger partial charge in [0.2, 0.25) is 0 Å². The minimum atomic E-state index is -0.147. The average Bonchev–Trinajstić information content (AvgIpc) is 3.03. The van der Waals surface area contributed by atoms with Crippen LogP contribution in [0.5, 0.6) is 0 Å². The van der Waals surface area contributed by atoms with Gasteiger partial charge >= 0.3 is 0 Å². The van der Waals surface area contributed by atoms with Crippen LogP contribution in [0.4, 0.5) is 0 Å². The maximum atomic E-state index is 10.3. The quantitative estimate of drug-likeness (QED) is 0.522. The van der Waals surface area contributed by atoms with E-state index in [1.165, 1.54) is 31.3 Å². The highest BCUT2D eigenvalue weighted by Crippen LogP contribution is 2.64. The largest absolute Gasteiger partial charge is 0.393 e. The molecule has 4 rings (SSSR count). The van der Waals surface area contributed by atoms with Gasteiger partial charge in [-0.15, -0.1) is 0 Å². The molecule has 2 heteroatoms. The summed E-state index contributed by atoms with van der Waals surface area (Å²) in [4.78, 5) is 0. The summed E-state index contributed by atoms with van der Waals surface area (Å²) in [6.45, 7) is 11.8. The summed E-state index contributed by atoms with van der Waals surface area (Å²) in [5.41, 5.74) is 5.77. The minimum absolute atomic E-state index is 0.122. The minimum Gasteiger partial charge on any atom is -0.393 e. The molecule has 0 aromatic heterocycles. The normalized spacial score (nSPS) is 41.5. The van der Waals surface area contributed by atoms with E-state index in [-0.39, 0.29) is 17.6 Å². The van der Waals surface area contributed by atoms with E-state index in [9.17, 15) is 10.2 Å². The monoisotopic (exact) mass is 400 g/mol. The van der Waals surface area contributed by atoms with Gasteiger partial charge in [0.15, 0.2) is 0 Å². The van der Waals surface area contributed by atoms with Crippen LogP contribution < -0.4 is 0 Å². The van der Waals surface area contributed by atoms with Crippen molar-refractivity contribution in [1.82, 2.24) is 0 Å². The van der Waals surface area contributed by atoms with Crippen LogP contribution in [0.3, 0.4) is 0 Å². The van der Waals surface area contributed by atoms with E-state index in [1.807, 2.05) is 0 Å². The molecule has 7 atom stereocenters. The second-order valence-electron chi connectivity index (χ2n) is 11.8. The van der Waals surface area contributed by atoms with E-state index >= 15 is 0 Å². The third-order valence-corrected chi connectivity index (χ3v) is 9.88. The summed E-state index contributed by atoms with van der Waals surface area (Å²) in [6, 6.07) is 0. The molecule has 29 heavy (non-hydrogen) atoms. The second-order valence-corrected chi connectivity index (χ2v) is 11.8. The van der Waals surface area contributed by atoms with E-state index in [0.29, 0.717) is 17.3 Å². The molecule has 0 aliphatic heterocycles. The lowest BCUT2D eigenvalue weighted by Gasteiger charge is -2.52. The third kappa shape index (κ3) is 3.57. The zero-order chi connectivity index (χ0) is 21.0. The average molecular weight is 401 g/mol. The Morgan fingerprint density at radius 2 is 1.83 bits per heavy atom. The van der Waals surface area contributed by atoms with Crippen molar-refractivity contribution in [2.45, 2.75) is 111 Å². The van der Waals surface area contributed by atoms with Crippen molar-refractivity contribution in [3.8, 4) is 0 Å². The zero-order valence-corrected chi connectivity index (χ0v) is 19.5. The predicted molar refractivity (Wildman–Crippen MR) is 120 cm³/mol. The topological polar surface area (TPSA) is 40.5 Å². The van der Waals surface area contributed by atoms with Gasteiger partial charge in [0, 0.05) is 5.41 Å². The Hall–Kier alpha value is -0.600. The van der Waals surface area contributed by atoms with E-state index in [4.69, 9.17) is 0 Å². The van der Waals surface area contributed by atoms with Crippen LogP contribution in [0.25, 0.3) is 0 Å². The van der Waals surface area contributed by atoms with Crippen molar-refractivity contribution >= 4 is 0 Å². The number of fused-ring (bicyclic) bond motifs is 4. The van der Waals surface area contributed by atoms with Crippen molar-refractivity contribution < 1.29 is 10.2 Å². The van der Waals surface area contributed by atoms with Crippen molar-refractivity contribution in [2.75, 3.05) is 0 Å². The Kier molecular flexibility index (Phi) is 5.84. The van der Waals surface area contributed by atoms with E-state index < -0.39 is 0 Å². The van der Waals surface area contributed by atoms with Crippen LogP contribution in [-0.2, 0) is 0 Å². The number of allylic oxidation sites excluding steroid dienone is 3. The first kappa shape index (κ1) is 21.6. The van der Waals surface area contributed by atoms with Crippen molar-refractivity contribution in [2.24, 2.45) is 34.5 Å². The smallest absolute Gasteiger partial charge is 0.0578 e. The summed E-state index contributed by atoms with van der Waals surface area (Å²) in [5.74, 6) is 2.63. The predicted octanol–water partition coefficient (Wildman–Crippen LogP) is 6.42. The Morgan fingerprint density at radius 1 is 1.07 bits per heavy atom. The summed E-state index contributed by atoms with van der Waals surface area (Å²) in [7, 11) is 0. The molecule has 4 aliphatic rings. The first-order chi connectivity index (χ1) is 13.7. The standard InChI is InChI=1S/C27H44O2/c1-17(2)25(29)11-6-18(3)22-9-10-23-21-8-7-19-16-20(28)12-14-26(19,4)24(21)13-15-27(22,23)5/h7,17-18,20,22-23,25,28-29H,6,8-16H2,1-5H3/t18?,20-,22?,23?,25?,26?,27?/m0/s1. The highest BCUT2D eigenvalue weighted by atomic mass is 16.3. The number of hydrogen-bond donors (Lipinski definition) is 2. The number of aliphatic hydroxyl groups is 2. The van der Waals surface area contributed by atoms with Crippen LogP contribution in [0, 0.1) is 34.5 Å². The lowest BCUT2D eigenvalue weighted by atomic mass is 9.53. The second kappa shape index (κ2) is 7.83. The molecule has 0 aromatic rings. The van der Waals surface area contributed by atoms with Crippen LogP contribution in [0.1, 0.15) is 98.8 Å². The SMILES string of the molecule is CC(C)C(O)CCC(C)C1CCC2C3=C(CCC21C)C1(C)CC[C@H](O)CC1=CC3. The molecule has 0 spiro atoms. The fourth-order valence-electron chi connectivity index (χ4n) is 7.84. The number of hydrogen-bond acceptors (Lipinski definition) is 2. The van der Waals surface area contributed by atoms with Crippen molar-refractivity contribution in [1.29, 1.82) is 0 Å². The van der Waals surface area contributed by atoms with Gasteiger partial charge in [-0.2, -0.15) is 0 Å². The van der Waals surface area contributed by atoms with Crippen LogP contribution >= 0.6 is 0 Å². The molecule has 0 heterocycles. The Labute approximate surface area is 178 Å².